The zero-order chi connectivity index (χ0) is 14.3. The van der Waals surface area contributed by atoms with E-state index in [-0.39, 0.29) is 12.6 Å². The second-order valence-corrected chi connectivity index (χ2v) is 5.38. The van der Waals surface area contributed by atoms with Crippen LogP contribution in [0.4, 0.5) is 13.2 Å². The number of para-hydroxylation sites is 1. The van der Waals surface area contributed by atoms with Crippen LogP contribution in [-0.2, 0) is 0 Å². The van der Waals surface area contributed by atoms with Crippen LogP contribution in [0.2, 0.25) is 0 Å². The highest BCUT2D eigenvalue weighted by atomic mass is 19.4. The van der Waals surface area contributed by atoms with Gasteiger partial charge in [-0.25, -0.2) is 0 Å². The Morgan fingerprint density at radius 1 is 1.25 bits per heavy atom. The molecule has 2 atom stereocenters. The van der Waals surface area contributed by atoms with Gasteiger partial charge in [-0.15, -0.1) is 0 Å². The van der Waals surface area contributed by atoms with Crippen LogP contribution in [0.5, 0.6) is 5.75 Å². The van der Waals surface area contributed by atoms with Crippen molar-refractivity contribution in [3.8, 4) is 5.75 Å². The molecule has 0 bridgehead atoms. The number of hydrogen-bond acceptors (Lipinski definition) is 3. The Bertz CT molecular complexity index is 488. The molecule has 0 amide bonds. The van der Waals surface area contributed by atoms with E-state index in [9.17, 15) is 18.3 Å². The summed E-state index contributed by atoms with van der Waals surface area (Å²) in [5.41, 5.74) is 0.566. The number of fused-ring (bicyclic) bond motifs is 1. The molecule has 0 saturated heterocycles. The summed E-state index contributed by atoms with van der Waals surface area (Å²) in [5.74, 6) is 0.555. The van der Waals surface area contributed by atoms with Gasteiger partial charge in [0.25, 0.3) is 0 Å². The number of benzene rings is 1. The molecule has 1 aromatic rings. The third kappa shape index (κ3) is 2.76. The van der Waals surface area contributed by atoms with Crippen molar-refractivity contribution in [2.75, 3.05) is 13.2 Å². The van der Waals surface area contributed by atoms with Crippen molar-refractivity contribution in [3.05, 3.63) is 29.8 Å². The fourth-order valence-electron chi connectivity index (χ4n) is 2.74. The number of ether oxygens (including phenoxy) is 1. The molecule has 1 aliphatic heterocycles. The quantitative estimate of drug-likeness (QED) is 0.927. The molecule has 3 nitrogen and oxygen atoms in total. The average Bonchev–Trinajstić information content (AvgIpc) is 3.20. The predicted octanol–water partition coefficient (Wildman–Crippen LogP) is 2.51. The van der Waals surface area contributed by atoms with Crippen LogP contribution in [0.25, 0.3) is 0 Å². The smallest absolute Gasteiger partial charge is 0.401 e. The Labute approximate surface area is 115 Å². The van der Waals surface area contributed by atoms with Crippen molar-refractivity contribution in [3.63, 3.8) is 0 Å². The van der Waals surface area contributed by atoms with Gasteiger partial charge in [0.2, 0.25) is 0 Å². The van der Waals surface area contributed by atoms with Crippen LogP contribution in [-0.4, -0.2) is 41.4 Å². The van der Waals surface area contributed by atoms with Crippen molar-refractivity contribution in [2.24, 2.45) is 0 Å². The number of hydrogen-bond donors (Lipinski definition) is 1. The van der Waals surface area contributed by atoms with E-state index in [4.69, 9.17) is 4.74 Å². The summed E-state index contributed by atoms with van der Waals surface area (Å²) in [5, 5.41) is 10.4. The van der Waals surface area contributed by atoms with Gasteiger partial charge in [0, 0.05) is 11.6 Å². The number of nitrogens with zero attached hydrogens (tertiary/aromatic N) is 1. The molecule has 0 spiro atoms. The molecule has 6 heteroatoms. The molecular formula is C14H16F3NO2. The summed E-state index contributed by atoms with van der Waals surface area (Å²) < 4.78 is 43.6. The Hall–Kier alpha value is -1.27. The molecular weight excluding hydrogens is 271 g/mol. The molecule has 3 rings (SSSR count). The van der Waals surface area contributed by atoms with Crippen molar-refractivity contribution in [1.29, 1.82) is 0 Å². The third-order valence-electron chi connectivity index (χ3n) is 3.82. The normalized spacial score (nSPS) is 26.2. The maximum Gasteiger partial charge on any atom is 0.401 e. The molecule has 1 saturated carbocycles. The molecule has 1 aromatic carbocycles. The summed E-state index contributed by atoms with van der Waals surface area (Å²) >= 11 is 0. The zero-order valence-corrected chi connectivity index (χ0v) is 10.8. The fraction of sp³-hybridized carbons (Fsp3) is 0.571. The molecule has 1 fully saturated rings. The van der Waals surface area contributed by atoms with Crippen molar-refractivity contribution in [2.45, 2.75) is 37.2 Å². The number of alkyl halides is 3. The molecule has 110 valence electrons. The first kappa shape index (κ1) is 13.7. The lowest BCUT2D eigenvalue weighted by Gasteiger charge is -2.38. The molecule has 1 heterocycles. The van der Waals surface area contributed by atoms with E-state index in [1.165, 1.54) is 4.90 Å². The highest BCUT2D eigenvalue weighted by Crippen LogP contribution is 2.39. The monoisotopic (exact) mass is 287 g/mol. The minimum Gasteiger partial charge on any atom is -0.491 e. The lowest BCUT2D eigenvalue weighted by Crippen LogP contribution is -2.50. The van der Waals surface area contributed by atoms with Crippen LogP contribution in [0.1, 0.15) is 24.5 Å². The number of aliphatic hydroxyl groups excluding tert-OH is 1. The highest BCUT2D eigenvalue weighted by molar-refractivity contribution is 5.37. The summed E-state index contributed by atoms with van der Waals surface area (Å²) in [6.07, 6.45) is -3.70. The van der Waals surface area contributed by atoms with Gasteiger partial charge in [0.15, 0.2) is 0 Å². The van der Waals surface area contributed by atoms with E-state index in [1.807, 2.05) is 0 Å². The Morgan fingerprint density at radius 3 is 2.60 bits per heavy atom. The first-order chi connectivity index (χ1) is 9.46. The van der Waals surface area contributed by atoms with E-state index in [2.05, 4.69) is 0 Å². The van der Waals surface area contributed by atoms with Crippen molar-refractivity contribution >= 4 is 0 Å². The van der Waals surface area contributed by atoms with Gasteiger partial charge < -0.3 is 9.84 Å². The molecule has 1 aliphatic carbocycles. The lowest BCUT2D eigenvalue weighted by atomic mass is 9.97. The van der Waals surface area contributed by atoms with E-state index >= 15 is 0 Å². The Morgan fingerprint density at radius 2 is 1.95 bits per heavy atom. The maximum atomic E-state index is 12.7. The Kier molecular flexibility index (Phi) is 3.38. The van der Waals surface area contributed by atoms with Gasteiger partial charge >= 0.3 is 6.18 Å². The highest BCUT2D eigenvalue weighted by Gasteiger charge is 2.45. The average molecular weight is 287 g/mol. The molecule has 2 unspecified atom stereocenters. The van der Waals surface area contributed by atoms with E-state index in [1.54, 1.807) is 24.3 Å². The van der Waals surface area contributed by atoms with Crippen molar-refractivity contribution < 1.29 is 23.0 Å². The van der Waals surface area contributed by atoms with E-state index in [0.29, 0.717) is 11.3 Å². The van der Waals surface area contributed by atoms with Crippen LogP contribution >= 0.6 is 0 Å². The van der Waals surface area contributed by atoms with Gasteiger partial charge in [-0.3, -0.25) is 4.90 Å². The third-order valence-corrected chi connectivity index (χ3v) is 3.82. The fourth-order valence-corrected chi connectivity index (χ4v) is 2.74. The predicted molar refractivity (Wildman–Crippen MR) is 66.5 cm³/mol. The maximum absolute atomic E-state index is 12.7. The van der Waals surface area contributed by atoms with Crippen LogP contribution < -0.4 is 4.74 Å². The topological polar surface area (TPSA) is 32.7 Å². The van der Waals surface area contributed by atoms with Crippen molar-refractivity contribution in [1.82, 2.24) is 4.90 Å². The molecule has 2 aliphatic rings. The van der Waals surface area contributed by atoms with Gasteiger partial charge in [0.1, 0.15) is 18.5 Å². The number of halogens is 3. The SMILES string of the molecule is OC1c2ccccc2OCC1N(CC(F)(F)F)C1CC1. The van der Waals surface area contributed by atoms with E-state index < -0.39 is 24.9 Å². The minimum absolute atomic E-state index is 0.0881. The number of aliphatic hydroxyl groups is 1. The van der Waals surface area contributed by atoms with Gasteiger partial charge in [-0.1, -0.05) is 18.2 Å². The zero-order valence-electron chi connectivity index (χ0n) is 10.8. The first-order valence-corrected chi connectivity index (χ1v) is 6.68. The van der Waals surface area contributed by atoms with E-state index in [0.717, 1.165) is 12.8 Å². The minimum atomic E-state index is -4.26. The Balaban J connectivity index is 1.82. The molecule has 20 heavy (non-hydrogen) atoms. The van der Waals surface area contributed by atoms with Gasteiger partial charge in [-0.2, -0.15) is 13.2 Å². The van der Waals surface area contributed by atoms with Crippen LogP contribution in [0.3, 0.4) is 0 Å². The molecule has 0 aromatic heterocycles. The van der Waals surface area contributed by atoms with Crippen LogP contribution in [0, 0.1) is 0 Å². The standard InChI is InChI=1S/C14H16F3NO2/c15-14(16,17)8-18(9-5-6-9)11-7-20-12-4-2-1-3-10(12)13(11)19/h1-4,9,11,13,19H,5-8H2. The first-order valence-electron chi connectivity index (χ1n) is 6.68. The summed E-state index contributed by atoms with van der Waals surface area (Å²) in [4.78, 5) is 1.35. The molecule has 1 N–H and O–H groups in total. The molecule has 0 radical (unpaired) electrons. The number of rotatable bonds is 3. The second-order valence-electron chi connectivity index (χ2n) is 5.38. The van der Waals surface area contributed by atoms with Crippen LogP contribution in [0.15, 0.2) is 24.3 Å². The van der Waals surface area contributed by atoms with Gasteiger partial charge in [0.05, 0.1) is 12.6 Å². The summed E-state index contributed by atoms with van der Waals surface area (Å²) in [6, 6.07) is 6.22. The lowest BCUT2D eigenvalue weighted by molar-refractivity contribution is -0.161. The summed E-state index contributed by atoms with van der Waals surface area (Å²) in [7, 11) is 0. The second kappa shape index (κ2) is 4.93. The summed E-state index contributed by atoms with van der Waals surface area (Å²) in [6.45, 7) is -0.907. The van der Waals surface area contributed by atoms with Gasteiger partial charge in [-0.05, 0) is 18.9 Å². The largest absolute Gasteiger partial charge is 0.491 e.